The number of hydrogen-bond acceptors (Lipinski definition) is 3. The van der Waals surface area contributed by atoms with Gasteiger partial charge in [0.2, 0.25) is 11.8 Å². The van der Waals surface area contributed by atoms with Crippen molar-refractivity contribution in [1.29, 1.82) is 0 Å². The number of methoxy groups -OCH3 is 1. The monoisotopic (exact) mass is 386 g/mol. The molecule has 2 aromatic carbocycles. The van der Waals surface area contributed by atoms with Gasteiger partial charge in [-0.1, -0.05) is 29.8 Å². The number of carbonyl (C=O) groups excluding carboxylic acids is 2. The number of ether oxygens (including phenoxy) is 1. The fourth-order valence-electron chi connectivity index (χ4n) is 3.57. The predicted octanol–water partition coefficient (Wildman–Crippen LogP) is 4.07. The molecule has 1 unspecified atom stereocenters. The van der Waals surface area contributed by atoms with E-state index in [9.17, 15) is 9.59 Å². The third-order valence-electron chi connectivity index (χ3n) is 4.85. The van der Waals surface area contributed by atoms with Crippen molar-refractivity contribution in [3.05, 3.63) is 53.1 Å². The van der Waals surface area contributed by atoms with Gasteiger partial charge in [-0.3, -0.25) is 9.59 Å². The highest BCUT2D eigenvalue weighted by atomic mass is 35.5. The number of amides is 2. The first-order valence-corrected chi connectivity index (χ1v) is 9.31. The molecule has 6 heteroatoms. The minimum Gasteiger partial charge on any atom is -0.495 e. The number of benzene rings is 2. The van der Waals surface area contributed by atoms with Gasteiger partial charge in [-0.05, 0) is 43.2 Å². The quantitative estimate of drug-likeness (QED) is 0.778. The van der Waals surface area contributed by atoms with Crippen molar-refractivity contribution in [2.75, 3.05) is 23.5 Å². The standard InChI is InChI=1S/C21H23ClN2O3/c1-14-12-16-6-4-5-7-19(16)24(14)21(26)10-11-23(15(2)25)17-8-9-20(27-3)18(22)13-17/h4-9,13-14H,10-12H2,1-3H3. The summed E-state index contributed by atoms with van der Waals surface area (Å²) in [7, 11) is 1.54. The van der Waals surface area contributed by atoms with Gasteiger partial charge in [-0.25, -0.2) is 0 Å². The van der Waals surface area contributed by atoms with E-state index in [1.807, 2.05) is 30.0 Å². The molecule has 0 bridgehead atoms. The number of halogens is 1. The second-order valence-electron chi connectivity index (χ2n) is 6.69. The summed E-state index contributed by atoms with van der Waals surface area (Å²) < 4.78 is 5.15. The van der Waals surface area contributed by atoms with Gasteiger partial charge in [-0.2, -0.15) is 0 Å². The van der Waals surface area contributed by atoms with Gasteiger partial charge >= 0.3 is 0 Å². The fraction of sp³-hybridized carbons (Fsp3) is 0.333. The van der Waals surface area contributed by atoms with E-state index in [0.29, 0.717) is 23.0 Å². The molecular weight excluding hydrogens is 364 g/mol. The molecular formula is C21H23ClN2O3. The summed E-state index contributed by atoms with van der Waals surface area (Å²) in [5, 5.41) is 0.426. The number of rotatable bonds is 5. The third kappa shape index (κ3) is 3.93. The molecule has 2 amide bonds. The predicted molar refractivity (Wildman–Crippen MR) is 108 cm³/mol. The van der Waals surface area contributed by atoms with Crippen LogP contribution in [0.3, 0.4) is 0 Å². The van der Waals surface area contributed by atoms with Gasteiger partial charge in [0.05, 0.1) is 12.1 Å². The van der Waals surface area contributed by atoms with Crippen LogP contribution in [0.2, 0.25) is 5.02 Å². The number of anilines is 2. The molecule has 142 valence electrons. The second-order valence-corrected chi connectivity index (χ2v) is 7.09. The lowest BCUT2D eigenvalue weighted by Crippen LogP contribution is -2.39. The zero-order valence-corrected chi connectivity index (χ0v) is 16.5. The summed E-state index contributed by atoms with van der Waals surface area (Å²) >= 11 is 6.18. The number of carbonyl (C=O) groups is 2. The highest BCUT2D eigenvalue weighted by molar-refractivity contribution is 6.32. The normalized spacial score (nSPS) is 15.4. The first-order valence-electron chi connectivity index (χ1n) is 8.94. The zero-order chi connectivity index (χ0) is 19.6. The molecule has 2 aromatic rings. The molecule has 0 radical (unpaired) electrons. The molecule has 0 spiro atoms. The van der Waals surface area contributed by atoms with Crippen molar-refractivity contribution in [3.8, 4) is 5.75 Å². The van der Waals surface area contributed by atoms with Gasteiger partial charge in [0.25, 0.3) is 0 Å². The van der Waals surface area contributed by atoms with Crippen molar-refractivity contribution >= 4 is 34.8 Å². The van der Waals surface area contributed by atoms with Gasteiger partial charge in [0.15, 0.2) is 0 Å². The summed E-state index contributed by atoms with van der Waals surface area (Å²) in [4.78, 5) is 28.4. The Kier molecular flexibility index (Phi) is 5.71. The van der Waals surface area contributed by atoms with E-state index in [4.69, 9.17) is 16.3 Å². The van der Waals surface area contributed by atoms with Crippen LogP contribution in [-0.4, -0.2) is 31.5 Å². The van der Waals surface area contributed by atoms with Crippen LogP contribution in [0, 0.1) is 0 Å². The molecule has 1 heterocycles. The minimum atomic E-state index is -0.140. The summed E-state index contributed by atoms with van der Waals surface area (Å²) in [6.07, 6.45) is 1.09. The van der Waals surface area contributed by atoms with Crippen LogP contribution in [0.5, 0.6) is 5.75 Å². The molecule has 0 N–H and O–H groups in total. The van der Waals surface area contributed by atoms with Crippen LogP contribution < -0.4 is 14.5 Å². The number of hydrogen-bond donors (Lipinski definition) is 0. The first-order chi connectivity index (χ1) is 12.9. The number of para-hydroxylation sites is 1. The average Bonchev–Trinajstić information content (AvgIpc) is 2.97. The minimum absolute atomic E-state index is 0.0123. The maximum Gasteiger partial charge on any atom is 0.229 e. The Morgan fingerprint density at radius 3 is 2.67 bits per heavy atom. The fourth-order valence-corrected chi connectivity index (χ4v) is 3.82. The van der Waals surface area contributed by atoms with Gasteiger partial charge < -0.3 is 14.5 Å². The van der Waals surface area contributed by atoms with Crippen LogP contribution in [0.4, 0.5) is 11.4 Å². The number of nitrogens with zero attached hydrogens (tertiary/aromatic N) is 2. The van der Waals surface area contributed by atoms with E-state index in [-0.39, 0.29) is 24.3 Å². The van der Waals surface area contributed by atoms with Crippen LogP contribution in [0.1, 0.15) is 25.8 Å². The SMILES string of the molecule is COc1ccc(N(CCC(=O)N2c3ccccc3CC2C)C(C)=O)cc1Cl. The Balaban J connectivity index is 1.74. The lowest BCUT2D eigenvalue weighted by Gasteiger charge is -2.26. The van der Waals surface area contributed by atoms with E-state index < -0.39 is 0 Å². The Labute approximate surface area is 164 Å². The molecule has 0 saturated carbocycles. The molecule has 27 heavy (non-hydrogen) atoms. The highest BCUT2D eigenvalue weighted by Gasteiger charge is 2.30. The maximum absolute atomic E-state index is 12.9. The van der Waals surface area contributed by atoms with E-state index in [1.165, 1.54) is 19.6 Å². The van der Waals surface area contributed by atoms with Crippen molar-refractivity contribution in [2.24, 2.45) is 0 Å². The van der Waals surface area contributed by atoms with Crippen molar-refractivity contribution < 1.29 is 14.3 Å². The summed E-state index contributed by atoms with van der Waals surface area (Å²) in [5.74, 6) is 0.416. The van der Waals surface area contributed by atoms with E-state index in [2.05, 4.69) is 6.07 Å². The molecule has 1 aliphatic rings. The zero-order valence-electron chi connectivity index (χ0n) is 15.7. The van der Waals surface area contributed by atoms with E-state index in [1.54, 1.807) is 23.1 Å². The topological polar surface area (TPSA) is 49.9 Å². The van der Waals surface area contributed by atoms with Crippen LogP contribution >= 0.6 is 11.6 Å². The molecule has 0 aromatic heterocycles. The molecule has 0 fully saturated rings. The van der Waals surface area contributed by atoms with Gasteiger partial charge in [-0.15, -0.1) is 0 Å². The third-order valence-corrected chi connectivity index (χ3v) is 5.15. The van der Waals surface area contributed by atoms with Crippen molar-refractivity contribution in [1.82, 2.24) is 0 Å². The van der Waals surface area contributed by atoms with Crippen LogP contribution in [0.15, 0.2) is 42.5 Å². The van der Waals surface area contributed by atoms with Crippen molar-refractivity contribution in [3.63, 3.8) is 0 Å². The number of fused-ring (bicyclic) bond motifs is 1. The van der Waals surface area contributed by atoms with Crippen LogP contribution in [-0.2, 0) is 16.0 Å². The Hall–Kier alpha value is -2.53. The second kappa shape index (κ2) is 8.01. The molecule has 1 aliphatic heterocycles. The van der Waals surface area contributed by atoms with E-state index >= 15 is 0 Å². The maximum atomic E-state index is 12.9. The van der Waals surface area contributed by atoms with Gasteiger partial charge in [0.1, 0.15) is 5.75 Å². The first kappa shape index (κ1) is 19.2. The van der Waals surface area contributed by atoms with E-state index in [0.717, 1.165) is 12.1 Å². The smallest absolute Gasteiger partial charge is 0.229 e. The molecule has 3 rings (SSSR count). The lowest BCUT2D eigenvalue weighted by molar-refractivity contribution is -0.119. The largest absolute Gasteiger partial charge is 0.495 e. The Morgan fingerprint density at radius 2 is 2.00 bits per heavy atom. The summed E-state index contributed by atoms with van der Waals surface area (Å²) in [5.41, 5.74) is 2.80. The molecule has 0 aliphatic carbocycles. The summed E-state index contributed by atoms with van der Waals surface area (Å²) in [6.45, 7) is 3.82. The average molecular weight is 387 g/mol. The van der Waals surface area contributed by atoms with Crippen LogP contribution in [0.25, 0.3) is 0 Å². The highest BCUT2D eigenvalue weighted by Crippen LogP contribution is 2.33. The Morgan fingerprint density at radius 1 is 1.26 bits per heavy atom. The molecule has 0 saturated heterocycles. The molecule has 1 atom stereocenters. The Bertz CT molecular complexity index is 868. The molecule has 5 nitrogen and oxygen atoms in total. The summed E-state index contributed by atoms with van der Waals surface area (Å²) in [6, 6.07) is 13.3. The van der Waals surface area contributed by atoms with Gasteiger partial charge in [0, 0.05) is 37.3 Å². The lowest BCUT2D eigenvalue weighted by atomic mass is 10.1. The van der Waals surface area contributed by atoms with Crippen molar-refractivity contribution in [2.45, 2.75) is 32.7 Å².